The minimum atomic E-state index is -1.29. The number of phenols is 3. The Balaban J connectivity index is 1.74. The molecule has 0 aliphatic carbocycles. The summed E-state index contributed by atoms with van der Waals surface area (Å²) < 4.78 is 0. The van der Waals surface area contributed by atoms with Crippen LogP contribution in [0.2, 0.25) is 0 Å². The summed E-state index contributed by atoms with van der Waals surface area (Å²) in [6.07, 6.45) is 0.134. The van der Waals surface area contributed by atoms with Gasteiger partial charge in [-0.05, 0) is 59.5 Å². The van der Waals surface area contributed by atoms with Crippen LogP contribution in [0.4, 0.5) is 0 Å². The van der Waals surface area contributed by atoms with Crippen molar-refractivity contribution in [1.29, 1.82) is 0 Å². The molecule has 0 aliphatic rings. The molecule has 0 saturated carbocycles. The molecule has 0 unspecified atom stereocenters. The van der Waals surface area contributed by atoms with Crippen LogP contribution in [-0.2, 0) is 33.6 Å². The Morgan fingerprint density at radius 1 is 0.595 bits per heavy atom. The third-order valence-electron chi connectivity index (χ3n) is 5.73. The van der Waals surface area contributed by atoms with Gasteiger partial charge in [-0.25, -0.2) is 4.79 Å². The van der Waals surface area contributed by atoms with E-state index >= 15 is 0 Å². The van der Waals surface area contributed by atoms with Crippen LogP contribution in [0.3, 0.4) is 0 Å². The van der Waals surface area contributed by atoms with Crippen molar-refractivity contribution in [3.8, 4) is 17.2 Å². The molecule has 0 aliphatic heterocycles. The average molecular weight is 508 g/mol. The number of carboxylic acids is 1. The summed E-state index contributed by atoms with van der Waals surface area (Å²) in [4.78, 5) is 37.9. The van der Waals surface area contributed by atoms with Gasteiger partial charge in [0.1, 0.15) is 29.3 Å². The number of nitrogens with one attached hydrogen (secondary N) is 2. The Hall–Kier alpha value is -4.57. The number of rotatable bonds is 11. The number of nitrogens with two attached hydrogens (primary N) is 1. The highest BCUT2D eigenvalue weighted by atomic mass is 16.4. The van der Waals surface area contributed by atoms with Crippen LogP contribution in [-0.4, -0.2) is 56.3 Å². The Labute approximate surface area is 213 Å². The van der Waals surface area contributed by atoms with Crippen LogP contribution in [0.25, 0.3) is 0 Å². The molecule has 0 spiro atoms. The molecule has 0 heterocycles. The topological polar surface area (TPSA) is 182 Å². The van der Waals surface area contributed by atoms with Gasteiger partial charge in [0.25, 0.3) is 0 Å². The van der Waals surface area contributed by atoms with Crippen molar-refractivity contribution >= 4 is 17.8 Å². The number of hydrogen-bond donors (Lipinski definition) is 7. The Bertz CT molecular complexity index is 1210. The van der Waals surface area contributed by atoms with E-state index in [0.717, 1.165) is 0 Å². The molecule has 0 saturated heterocycles. The number of aliphatic carboxylic acids is 1. The Morgan fingerprint density at radius 2 is 0.946 bits per heavy atom. The molecule has 0 bridgehead atoms. The predicted molar refractivity (Wildman–Crippen MR) is 135 cm³/mol. The number of carbonyl (C=O) groups excluding carboxylic acids is 2. The van der Waals surface area contributed by atoms with Crippen molar-refractivity contribution in [2.75, 3.05) is 0 Å². The standard InChI is InChI=1S/C27H29N3O7/c28-22(13-16-1-7-19(31)8-2-16)25(34)29-23(14-17-3-9-20(32)10-4-17)26(35)30-24(27(36)37)15-18-5-11-21(33)12-6-18/h1-12,22-24,31-33H,13-15,28H2,(H,29,34)(H,30,35)(H,36,37)/t22-,23-,24+/m1/s1. The molecular weight excluding hydrogens is 478 g/mol. The minimum absolute atomic E-state index is 0.0231. The van der Waals surface area contributed by atoms with Gasteiger partial charge in [-0.2, -0.15) is 0 Å². The summed E-state index contributed by atoms with van der Waals surface area (Å²) in [5, 5.41) is 43.2. The van der Waals surface area contributed by atoms with Crippen molar-refractivity contribution in [3.63, 3.8) is 0 Å². The van der Waals surface area contributed by atoms with Gasteiger partial charge in [0.2, 0.25) is 11.8 Å². The van der Waals surface area contributed by atoms with Crippen molar-refractivity contribution < 1.29 is 34.8 Å². The van der Waals surface area contributed by atoms with E-state index in [1.54, 1.807) is 36.4 Å². The first-order valence-electron chi connectivity index (χ1n) is 11.5. The highest BCUT2D eigenvalue weighted by molar-refractivity contribution is 5.92. The van der Waals surface area contributed by atoms with E-state index in [1.807, 2.05) is 0 Å². The van der Waals surface area contributed by atoms with Crippen LogP contribution >= 0.6 is 0 Å². The second-order valence-electron chi connectivity index (χ2n) is 8.68. The van der Waals surface area contributed by atoms with Crippen LogP contribution < -0.4 is 16.4 Å². The zero-order chi connectivity index (χ0) is 26.9. The summed E-state index contributed by atoms with van der Waals surface area (Å²) in [6, 6.07) is 14.7. The molecular formula is C27H29N3O7. The quantitative estimate of drug-likeness (QED) is 0.202. The maximum Gasteiger partial charge on any atom is 0.326 e. The molecule has 8 N–H and O–H groups in total. The summed E-state index contributed by atoms with van der Waals surface area (Å²) in [5.74, 6) is -2.46. The largest absolute Gasteiger partial charge is 0.508 e. The molecule has 0 fully saturated rings. The molecule has 3 atom stereocenters. The number of aromatic hydroxyl groups is 3. The third-order valence-corrected chi connectivity index (χ3v) is 5.73. The van der Waals surface area contributed by atoms with Crippen LogP contribution in [0.15, 0.2) is 72.8 Å². The highest BCUT2D eigenvalue weighted by Crippen LogP contribution is 2.14. The molecule has 0 radical (unpaired) electrons. The summed E-state index contributed by atoms with van der Waals surface area (Å²) in [7, 11) is 0. The number of hydrogen-bond acceptors (Lipinski definition) is 7. The number of amides is 2. The summed E-state index contributed by atoms with van der Waals surface area (Å²) in [5.41, 5.74) is 7.97. The van der Waals surface area contributed by atoms with E-state index in [-0.39, 0.29) is 36.5 Å². The summed E-state index contributed by atoms with van der Waals surface area (Å²) >= 11 is 0. The monoisotopic (exact) mass is 507 g/mol. The lowest BCUT2D eigenvalue weighted by molar-refractivity contribution is -0.142. The van der Waals surface area contributed by atoms with Gasteiger partial charge >= 0.3 is 5.97 Å². The second kappa shape index (κ2) is 12.4. The van der Waals surface area contributed by atoms with Crippen LogP contribution in [0, 0.1) is 0 Å². The minimum Gasteiger partial charge on any atom is -0.508 e. The van der Waals surface area contributed by atoms with Crippen molar-refractivity contribution in [2.45, 2.75) is 37.4 Å². The Morgan fingerprint density at radius 3 is 1.35 bits per heavy atom. The van der Waals surface area contributed by atoms with E-state index in [2.05, 4.69) is 10.6 Å². The predicted octanol–water partition coefficient (Wildman–Crippen LogP) is 1.21. The lowest BCUT2D eigenvalue weighted by atomic mass is 10.0. The fourth-order valence-corrected chi connectivity index (χ4v) is 3.67. The third kappa shape index (κ3) is 8.25. The fraction of sp³-hybridized carbons (Fsp3) is 0.222. The van der Waals surface area contributed by atoms with Gasteiger partial charge in [-0.3, -0.25) is 9.59 Å². The highest BCUT2D eigenvalue weighted by Gasteiger charge is 2.28. The first kappa shape index (κ1) is 27.0. The lowest BCUT2D eigenvalue weighted by Crippen LogP contribution is -2.55. The van der Waals surface area contributed by atoms with E-state index in [1.165, 1.54) is 36.4 Å². The first-order valence-corrected chi connectivity index (χ1v) is 11.5. The molecule has 10 nitrogen and oxygen atoms in total. The summed E-state index contributed by atoms with van der Waals surface area (Å²) in [6.45, 7) is 0. The van der Waals surface area contributed by atoms with Crippen LogP contribution in [0.1, 0.15) is 16.7 Å². The van der Waals surface area contributed by atoms with Gasteiger partial charge in [0, 0.05) is 12.8 Å². The average Bonchev–Trinajstić information content (AvgIpc) is 2.87. The fourth-order valence-electron chi connectivity index (χ4n) is 3.67. The number of benzene rings is 3. The molecule has 3 rings (SSSR count). The smallest absolute Gasteiger partial charge is 0.326 e. The number of phenolic OH excluding ortho intramolecular Hbond substituents is 3. The second-order valence-corrected chi connectivity index (χ2v) is 8.68. The molecule has 37 heavy (non-hydrogen) atoms. The number of carbonyl (C=O) groups is 3. The van der Waals surface area contributed by atoms with Gasteiger partial charge < -0.3 is 36.8 Å². The van der Waals surface area contributed by atoms with E-state index in [4.69, 9.17) is 5.73 Å². The first-order chi connectivity index (χ1) is 17.6. The van der Waals surface area contributed by atoms with Gasteiger partial charge in [-0.15, -0.1) is 0 Å². The van der Waals surface area contributed by atoms with Gasteiger partial charge in [-0.1, -0.05) is 36.4 Å². The van der Waals surface area contributed by atoms with E-state index < -0.39 is 35.9 Å². The molecule has 10 heteroatoms. The van der Waals surface area contributed by atoms with Gasteiger partial charge in [0.15, 0.2) is 0 Å². The van der Waals surface area contributed by atoms with Crippen molar-refractivity contribution in [3.05, 3.63) is 89.5 Å². The zero-order valence-electron chi connectivity index (χ0n) is 19.9. The molecule has 3 aromatic rings. The van der Waals surface area contributed by atoms with Crippen molar-refractivity contribution in [1.82, 2.24) is 10.6 Å². The lowest BCUT2D eigenvalue weighted by Gasteiger charge is -2.23. The molecule has 3 aromatic carbocycles. The molecule has 2 amide bonds. The van der Waals surface area contributed by atoms with E-state index in [9.17, 15) is 34.8 Å². The number of carboxylic acid groups (broad SMARTS) is 1. The van der Waals surface area contributed by atoms with Gasteiger partial charge in [0.05, 0.1) is 6.04 Å². The molecule has 194 valence electrons. The maximum atomic E-state index is 13.2. The molecule has 0 aromatic heterocycles. The van der Waals surface area contributed by atoms with Crippen LogP contribution in [0.5, 0.6) is 17.2 Å². The Kier molecular flexibility index (Phi) is 9.06. The zero-order valence-corrected chi connectivity index (χ0v) is 19.9. The normalized spacial score (nSPS) is 13.2. The maximum absolute atomic E-state index is 13.2. The SMILES string of the molecule is N[C@H](Cc1ccc(O)cc1)C(=O)N[C@H](Cc1ccc(O)cc1)C(=O)N[C@@H](Cc1ccc(O)cc1)C(=O)O. The van der Waals surface area contributed by atoms with Crippen molar-refractivity contribution in [2.24, 2.45) is 5.73 Å². The van der Waals surface area contributed by atoms with E-state index in [0.29, 0.717) is 16.7 Å².